The number of carbonyl (C=O) groups is 4. The summed E-state index contributed by atoms with van der Waals surface area (Å²) in [4.78, 5) is 49.1. The highest BCUT2D eigenvalue weighted by molar-refractivity contribution is 6.35. The van der Waals surface area contributed by atoms with Gasteiger partial charge in [-0.3, -0.25) is 9.59 Å². The van der Waals surface area contributed by atoms with E-state index in [4.69, 9.17) is 14.2 Å². The maximum absolute atomic E-state index is 12.6. The van der Waals surface area contributed by atoms with Crippen LogP contribution in [0.5, 0.6) is 0 Å². The fourth-order valence-corrected chi connectivity index (χ4v) is 3.29. The average molecular weight is 454 g/mol. The molecule has 0 aliphatic carbocycles. The lowest BCUT2D eigenvalue weighted by Gasteiger charge is -2.21. The average Bonchev–Trinajstić information content (AvgIpc) is 2.82. The van der Waals surface area contributed by atoms with E-state index in [9.17, 15) is 19.2 Å². The Bertz CT molecular complexity index is 872. The van der Waals surface area contributed by atoms with Gasteiger partial charge in [-0.2, -0.15) is 0 Å². The van der Waals surface area contributed by atoms with Gasteiger partial charge in [-0.05, 0) is 24.0 Å². The number of hydrogen-bond donors (Lipinski definition) is 2. The van der Waals surface area contributed by atoms with Gasteiger partial charge in [0.25, 0.3) is 0 Å². The number of carbonyl (C=O) groups excluding carboxylic acids is 4. The van der Waals surface area contributed by atoms with Crippen molar-refractivity contribution < 1.29 is 33.4 Å². The van der Waals surface area contributed by atoms with Crippen LogP contribution in [0.4, 0.5) is 0 Å². The highest BCUT2D eigenvalue weighted by Crippen LogP contribution is 2.06. The molecule has 174 valence electrons. The third-order valence-corrected chi connectivity index (χ3v) is 4.86. The van der Waals surface area contributed by atoms with Crippen LogP contribution >= 0.6 is 0 Å². The van der Waals surface area contributed by atoms with Gasteiger partial charge in [0.15, 0.2) is 0 Å². The van der Waals surface area contributed by atoms with Crippen LogP contribution in [0.25, 0.3) is 0 Å². The molecule has 2 aromatic rings. The molecule has 2 atom stereocenters. The van der Waals surface area contributed by atoms with Gasteiger partial charge in [-0.15, -0.1) is 0 Å². The molecule has 3 rings (SSSR count). The zero-order valence-corrected chi connectivity index (χ0v) is 18.0. The third kappa shape index (κ3) is 8.38. The highest BCUT2D eigenvalue weighted by atomic mass is 16.6. The van der Waals surface area contributed by atoms with Crippen LogP contribution in [0.15, 0.2) is 60.7 Å². The first-order valence-electron chi connectivity index (χ1n) is 10.6. The van der Waals surface area contributed by atoms with Crippen molar-refractivity contribution in [2.45, 2.75) is 24.9 Å². The van der Waals surface area contributed by atoms with Crippen molar-refractivity contribution in [3.05, 3.63) is 71.8 Å². The van der Waals surface area contributed by atoms with Crippen LogP contribution in [0.2, 0.25) is 0 Å². The van der Waals surface area contributed by atoms with Crippen LogP contribution in [0.3, 0.4) is 0 Å². The summed E-state index contributed by atoms with van der Waals surface area (Å²) < 4.78 is 15.4. The first-order chi connectivity index (χ1) is 16.0. The molecular formula is C24H26N2O7. The third-order valence-electron chi connectivity index (χ3n) is 4.86. The van der Waals surface area contributed by atoms with Crippen molar-refractivity contribution in [3.8, 4) is 0 Å². The molecule has 9 nitrogen and oxygen atoms in total. The Morgan fingerprint density at radius 2 is 1.03 bits per heavy atom. The highest BCUT2D eigenvalue weighted by Gasteiger charge is 2.24. The Hall–Kier alpha value is -3.72. The molecule has 1 aliphatic rings. The van der Waals surface area contributed by atoms with E-state index in [-0.39, 0.29) is 13.2 Å². The molecule has 2 aromatic carbocycles. The monoisotopic (exact) mass is 454 g/mol. The largest absolute Gasteiger partial charge is 0.462 e. The summed E-state index contributed by atoms with van der Waals surface area (Å²) in [7, 11) is 0. The molecule has 1 saturated heterocycles. The fourth-order valence-electron chi connectivity index (χ4n) is 3.29. The summed E-state index contributed by atoms with van der Waals surface area (Å²) in [6.45, 7) is -1.19. The van der Waals surface area contributed by atoms with E-state index in [1.807, 2.05) is 60.7 Å². The fraction of sp³-hybridized carbons (Fsp3) is 0.333. The first-order valence-corrected chi connectivity index (χ1v) is 10.6. The Morgan fingerprint density at radius 3 is 1.42 bits per heavy atom. The molecule has 0 bridgehead atoms. The van der Waals surface area contributed by atoms with E-state index in [0.717, 1.165) is 11.1 Å². The Labute approximate surface area is 191 Å². The molecular weight excluding hydrogens is 428 g/mol. The maximum atomic E-state index is 12.6. The summed E-state index contributed by atoms with van der Waals surface area (Å²) in [5.41, 5.74) is 1.80. The Balaban J connectivity index is 1.73. The molecule has 2 amide bonds. The number of ether oxygens (including phenoxy) is 3. The lowest BCUT2D eigenvalue weighted by Crippen LogP contribution is -2.51. The molecule has 0 spiro atoms. The number of hydrogen-bond acceptors (Lipinski definition) is 7. The van der Waals surface area contributed by atoms with Crippen molar-refractivity contribution in [1.29, 1.82) is 0 Å². The van der Waals surface area contributed by atoms with E-state index in [0.29, 0.717) is 12.8 Å². The van der Waals surface area contributed by atoms with Gasteiger partial charge in [0, 0.05) is 0 Å². The smallest absolute Gasteiger partial charge is 0.332 e. The number of esters is 2. The molecule has 33 heavy (non-hydrogen) atoms. The number of rotatable bonds is 4. The first kappa shape index (κ1) is 23.9. The quantitative estimate of drug-likeness (QED) is 0.512. The number of cyclic esters (lactones) is 2. The van der Waals surface area contributed by atoms with Gasteiger partial charge in [0.1, 0.15) is 26.4 Å². The minimum atomic E-state index is -0.873. The van der Waals surface area contributed by atoms with Crippen molar-refractivity contribution in [2.75, 3.05) is 26.4 Å². The summed E-state index contributed by atoms with van der Waals surface area (Å²) in [5, 5.41) is 5.24. The van der Waals surface area contributed by atoms with Gasteiger partial charge in [0.05, 0.1) is 12.1 Å². The Kier molecular flexibility index (Phi) is 8.96. The second-order valence-corrected chi connectivity index (χ2v) is 7.58. The van der Waals surface area contributed by atoms with Gasteiger partial charge in [-0.25, -0.2) is 9.59 Å². The zero-order chi connectivity index (χ0) is 23.5. The SMILES string of the molecule is O=C1COCC(=O)OC[C@@H](Cc2ccccc2)NC(=O)C(=O)N[C@H](Cc2ccccc2)CO1. The molecule has 0 saturated carbocycles. The molecule has 1 heterocycles. The molecule has 2 N–H and O–H groups in total. The molecule has 0 aromatic heterocycles. The van der Waals surface area contributed by atoms with Crippen LogP contribution in [-0.2, 0) is 46.2 Å². The van der Waals surface area contributed by atoms with Crippen LogP contribution in [0.1, 0.15) is 11.1 Å². The standard InChI is InChI=1S/C24H26N2O7/c27-21-15-31-16-22(28)33-14-20(12-18-9-5-2-6-10-18)26-24(30)23(29)25-19(13-32-21)11-17-7-3-1-4-8-17/h1-10,19-20H,11-16H2,(H,25,29)(H,26,30)/t19-,20-/m1/s1. The normalized spacial score (nSPS) is 21.0. The maximum Gasteiger partial charge on any atom is 0.332 e. The molecule has 0 unspecified atom stereocenters. The van der Waals surface area contributed by atoms with E-state index in [1.54, 1.807) is 0 Å². The predicted molar refractivity (Wildman–Crippen MR) is 117 cm³/mol. The van der Waals surface area contributed by atoms with Crippen molar-refractivity contribution in [1.82, 2.24) is 10.6 Å². The van der Waals surface area contributed by atoms with Crippen molar-refractivity contribution in [3.63, 3.8) is 0 Å². The van der Waals surface area contributed by atoms with Gasteiger partial charge >= 0.3 is 23.8 Å². The van der Waals surface area contributed by atoms with Crippen molar-refractivity contribution >= 4 is 23.8 Å². The van der Waals surface area contributed by atoms with E-state index in [2.05, 4.69) is 10.6 Å². The number of amides is 2. The molecule has 1 fully saturated rings. The van der Waals surface area contributed by atoms with Crippen LogP contribution in [0, 0.1) is 0 Å². The number of benzene rings is 2. The van der Waals surface area contributed by atoms with Crippen molar-refractivity contribution in [2.24, 2.45) is 0 Å². The summed E-state index contributed by atoms with van der Waals surface area (Å²) in [6, 6.07) is 17.3. The Morgan fingerprint density at radius 1 is 0.636 bits per heavy atom. The lowest BCUT2D eigenvalue weighted by molar-refractivity contribution is -0.156. The minimum absolute atomic E-state index is 0.159. The molecule has 0 radical (unpaired) electrons. The van der Waals surface area contributed by atoms with Crippen LogP contribution < -0.4 is 10.6 Å². The summed E-state index contributed by atoms with van der Waals surface area (Å²) in [6.07, 6.45) is 0.700. The zero-order valence-electron chi connectivity index (χ0n) is 18.0. The topological polar surface area (TPSA) is 120 Å². The predicted octanol–water partition coefficient (Wildman–Crippen LogP) is 0.558. The van der Waals surface area contributed by atoms with E-state index < -0.39 is 49.1 Å². The summed E-state index contributed by atoms with van der Waals surface area (Å²) >= 11 is 0. The lowest BCUT2D eigenvalue weighted by atomic mass is 10.1. The second-order valence-electron chi connectivity index (χ2n) is 7.58. The molecule has 1 aliphatic heterocycles. The van der Waals surface area contributed by atoms with E-state index >= 15 is 0 Å². The molecule has 9 heteroatoms. The minimum Gasteiger partial charge on any atom is -0.462 e. The van der Waals surface area contributed by atoms with Gasteiger partial charge < -0.3 is 24.8 Å². The van der Waals surface area contributed by atoms with Gasteiger partial charge in [-0.1, -0.05) is 60.7 Å². The number of nitrogens with one attached hydrogen (secondary N) is 2. The van der Waals surface area contributed by atoms with Gasteiger partial charge in [0.2, 0.25) is 0 Å². The second kappa shape index (κ2) is 12.4. The van der Waals surface area contributed by atoms with E-state index in [1.165, 1.54) is 0 Å². The summed E-state index contributed by atoms with van der Waals surface area (Å²) in [5.74, 6) is -3.14. The van der Waals surface area contributed by atoms with Crippen LogP contribution in [-0.4, -0.2) is 62.3 Å².